The fourth-order valence-corrected chi connectivity index (χ4v) is 1.17. The lowest BCUT2D eigenvalue weighted by atomic mass is 10.2. The van der Waals surface area contributed by atoms with E-state index in [0.29, 0.717) is 13.2 Å². The number of alkyl halides is 2. The molecular formula is C11H15F2NO2. The monoisotopic (exact) mass is 231 g/mol. The average Bonchev–Trinajstić information content (AvgIpc) is 2.16. The van der Waals surface area contributed by atoms with Crippen LogP contribution in [-0.4, -0.2) is 19.3 Å². The van der Waals surface area contributed by atoms with Gasteiger partial charge in [-0.05, 0) is 24.6 Å². The molecule has 2 N–H and O–H groups in total. The first kappa shape index (κ1) is 12.9. The van der Waals surface area contributed by atoms with Gasteiger partial charge in [-0.2, -0.15) is 8.78 Å². The smallest absolute Gasteiger partial charge is 0.387 e. The van der Waals surface area contributed by atoms with E-state index in [1.165, 1.54) is 12.1 Å². The lowest BCUT2D eigenvalue weighted by molar-refractivity contribution is -0.0499. The van der Waals surface area contributed by atoms with Gasteiger partial charge in [-0.1, -0.05) is 12.1 Å². The quantitative estimate of drug-likeness (QED) is 0.815. The van der Waals surface area contributed by atoms with Gasteiger partial charge in [-0.3, -0.25) is 0 Å². The third kappa shape index (κ3) is 5.04. The molecule has 1 unspecified atom stereocenters. The molecular weight excluding hydrogens is 216 g/mol. The highest BCUT2D eigenvalue weighted by Gasteiger charge is 2.04. The van der Waals surface area contributed by atoms with Crippen LogP contribution in [0.1, 0.15) is 12.5 Å². The number of benzene rings is 1. The van der Waals surface area contributed by atoms with Crippen LogP contribution in [0.5, 0.6) is 5.75 Å². The van der Waals surface area contributed by atoms with Crippen LogP contribution in [0.2, 0.25) is 0 Å². The summed E-state index contributed by atoms with van der Waals surface area (Å²) in [6.45, 7) is -0.210. The third-order valence-corrected chi connectivity index (χ3v) is 1.77. The molecule has 0 aromatic heterocycles. The Kier molecular flexibility index (Phi) is 5.14. The number of halogens is 2. The van der Waals surface area contributed by atoms with Crippen LogP contribution in [0, 0.1) is 0 Å². The molecule has 0 aliphatic rings. The van der Waals surface area contributed by atoms with Gasteiger partial charge in [0.25, 0.3) is 0 Å². The molecule has 1 rings (SSSR count). The molecule has 1 aromatic carbocycles. The SMILES string of the molecule is CC(N)COCc1cccc(OC(F)F)c1. The minimum Gasteiger partial charge on any atom is -0.435 e. The minimum atomic E-state index is -2.81. The predicted molar refractivity (Wildman–Crippen MR) is 56.4 cm³/mol. The second-order valence-corrected chi connectivity index (χ2v) is 3.52. The molecule has 5 heteroatoms. The van der Waals surface area contributed by atoms with Gasteiger partial charge in [0, 0.05) is 6.04 Å². The molecule has 0 spiro atoms. The summed E-state index contributed by atoms with van der Waals surface area (Å²) in [7, 11) is 0. The van der Waals surface area contributed by atoms with Gasteiger partial charge in [0.15, 0.2) is 0 Å². The molecule has 1 aromatic rings. The first-order chi connectivity index (χ1) is 7.58. The maximum Gasteiger partial charge on any atom is 0.387 e. The fraction of sp³-hybridized carbons (Fsp3) is 0.455. The summed E-state index contributed by atoms with van der Waals surface area (Å²) in [5, 5.41) is 0. The fourth-order valence-electron chi connectivity index (χ4n) is 1.17. The molecule has 0 radical (unpaired) electrons. The molecule has 90 valence electrons. The van der Waals surface area contributed by atoms with Gasteiger partial charge in [-0.15, -0.1) is 0 Å². The van der Waals surface area contributed by atoms with E-state index in [4.69, 9.17) is 10.5 Å². The van der Waals surface area contributed by atoms with Crippen molar-refractivity contribution in [2.24, 2.45) is 5.73 Å². The molecule has 0 heterocycles. The maximum absolute atomic E-state index is 11.9. The van der Waals surface area contributed by atoms with E-state index < -0.39 is 6.61 Å². The van der Waals surface area contributed by atoms with Gasteiger partial charge in [0.05, 0.1) is 13.2 Å². The zero-order valence-electron chi connectivity index (χ0n) is 9.03. The Morgan fingerprint density at radius 2 is 2.12 bits per heavy atom. The zero-order chi connectivity index (χ0) is 12.0. The molecule has 0 aliphatic carbocycles. The van der Waals surface area contributed by atoms with Gasteiger partial charge < -0.3 is 15.2 Å². The van der Waals surface area contributed by atoms with E-state index in [2.05, 4.69) is 4.74 Å². The Morgan fingerprint density at radius 1 is 1.38 bits per heavy atom. The molecule has 0 fully saturated rings. The highest BCUT2D eigenvalue weighted by Crippen LogP contribution is 2.16. The van der Waals surface area contributed by atoms with Crippen LogP contribution in [0.15, 0.2) is 24.3 Å². The van der Waals surface area contributed by atoms with E-state index >= 15 is 0 Å². The number of rotatable bonds is 6. The van der Waals surface area contributed by atoms with E-state index in [-0.39, 0.29) is 11.8 Å². The summed E-state index contributed by atoms with van der Waals surface area (Å²) in [5.74, 6) is 0.136. The predicted octanol–water partition coefficient (Wildman–Crippen LogP) is 2.15. The Labute approximate surface area is 93.2 Å². The normalized spacial score (nSPS) is 12.8. The summed E-state index contributed by atoms with van der Waals surface area (Å²) in [4.78, 5) is 0. The molecule has 16 heavy (non-hydrogen) atoms. The largest absolute Gasteiger partial charge is 0.435 e. The molecule has 0 aliphatic heterocycles. The standard InChI is InChI=1S/C11H15F2NO2/c1-8(14)6-15-7-9-3-2-4-10(5-9)16-11(12)13/h2-5,8,11H,6-7,14H2,1H3. The van der Waals surface area contributed by atoms with Crippen molar-refractivity contribution in [2.45, 2.75) is 26.2 Å². The van der Waals surface area contributed by atoms with Crippen molar-refractivity contribution in [2.75, 3.05) is 6.61 Å². The van der Waals surface area contributed by atoms with Crippen molar-refractivity contribution in [3.05, 3.63) is 29.8 Å². The van der Waals surface area contributed by atoms with Crippen molar-refractivity contribution >= 4 is 0 Å². The minimum absolute atomic E-state index is 0.0412. The molecule has 0 amide bonds. The van der Waals surface area contributed by atoms with Crippen LogP contribution >= 0.6 is 0 Å². The number of ether oxygens (including phenoxy) is 2. The van der Waals surface area contributed by atoms with E-state index in [1.54, 1.807) is 12.1 Å². The Morgan fingerprint density at radius 3 is 2.75 bits per heavy atom. The summed E-state index contributed by atoms with van der Waals surface area (Å²) in [6.07, 6.45) is 0. The second kappa shape index (κ2) is 6.40. The van der Waals surface area contributed by atoms with Crippen LogP contribution < -0.4 is 10.5 Å². The first-order valence-corrected chi connectivity index (χ1v) is 4.95. The lowest BCUT2D eigenvalue weighted by Crippen LogP contribution is -2.21. The third-order valence-electron chi connectivity index (χ3n) is 1.77. The highest BCUT2D eigenvalue weighted by atomic mass is 19.3. The van der Waals surface area contributed by atoms with Gasteiger partial charge in [0.2, 0.25) is 0 Å². The number of hydrogen-bond donors (Lipinski definition) is 1. The average molecular weight is 231 g/mol. The summed E-state index contributed by atoms with van der Waals surface area (Å²) < 4.78 is 33.4. The van der Waals surface area contributed by atoms with Gasteiger partial charge >= 0.3 is 6.61 Å². The van der Waals surface area contributed by atoms with Gasteiger partial charge in [0.1, 0.15) is 5.75 Å². The topological polar surface area (TPSA) is 44.5 Å². The number of nitrogens with two attached hydrogens (primary N) is 1. The first-order valence-electron chi connectivity index (χ1n) is 4.95. The molecule has 0 saturated heterocycles. The molecule has 1 atom stereocenters. The highest BCUT2D eigenvalue weighted by molar-refractivity contribution is 5.28. The van der Waals surface area contributed by atoms with Crippen molar-refractivity contribution in [3.8, 4) is 5.75 Å². The Balaban J connectivity index is 2.47. The van der Waals surface area contributed by atoms with Crippen molar-refractivity contribution in [1.82, 2.24) is 0 Å². The van der Waals surface area contributed by atoms with Crippen LogP contribution in [0.25, 0.3) is 0 Å². The van der Waals surface area contributed by atoms with Crippen LogP contribution in [0.3, 0.4) is 0 Å². The molecule has 3 nitrogen and oxygen atoms in total. The van der Waals surface area contributed by atoms with Crippen LogP contribution in [-0.2, 0) is 11.3 Å². The van der Waals surface area contributed by atoms with Crippen molar-refractivity contribution in [1.29, 1.82) is 0 Å². The second-order valence-electron chi connectivity index (χ2n) is 3.52. The maximum atomic E-state index is 11.9. The van der Waals surface area contributed by atoms with E-state index in [9.17, 15) is 8.78 Å². The lowest BCUT2D eigenvalue weighted by Gasteiger charge is -2.09. The number of hydrogen-bond acceptors (Lipinski definition) is 3. The zero-order valence-corrected chi connectivity index (χ0v) is 9.03. The molecule has 0 saturated carbocycles. The van der Waals surface area contributed by atoms with Crippen molar-refractivity contribution in [3.63, 3.8) is 0 Å². The summed E-state index contributed by atoms with van der Waals surface area (Å²) in [5.41, 5.74) is 6.28. The van der Waals surface area contributed by atoms with Gasteiger partial charge in [-0.25, -0.2) is 0 Å². The summed E-state index contributed by atoms with van der Waals surface area (Å²) >= 11 is 0. The Bertz CT molecular complexity index is 319. The van der Waals surface area contributed by atoms with Crippen molar-refractivity contribution < 1.29 is 18.3 Å². The molecule has 0 bridgehead atoms. The Hall–Kier alpha value is -1.20. The summed E-state index contributed by atoms with van der Waals surface area (Å²) in [6, 6.07) is 6.37. The van der Waals surface area contributed by atoms with Crippen LogP contribution in [0.4, 0.5) is 8.78 Å². The van der Waals surface area contributed by atoms with E-state index in [0.717, 1.165) is 5.56 Å². The van der Waals surface area contributed by atoms with E-state index in [1.807, 2.05) is 6.92 Å².